The molecule has 0 bridgehead atoms. The lowest BCUT2D eigenvalue weighted by molar-refractivity contribution is 0.0730. The Morgan fingerprint density at radius 3 is 2.63 bits per heavy atom. The number of carbonyl (C=O) groups is 1. The van der Waals surface area contributed by atoms with Crippen LogP contribution >= 0.6 is 12.2 Å². The molecule has 0 aliphatic carbocycles. The van der Waals surface area contributed by atoms with Gasteiger partial charge in [0.2, 0.25) is 10.0 Å². The third-order valence-corrected chi connectivity index (χ3v) is 6.50. The number of thiocarbonyl (C=S) groups is 1. The maximum Gasteiger partial charge on any atom is 0.257 e. The molecule has 1 fully saturated rings. The van der Waals surface area contributed by atoms with Crippen LogP contribution in [0, 0.1) is 6.92 Å². The Morgan fingerprint density at radius 1 is 1.33 bits per heavy atom. The molecule has 1 atom stereocenters. The van der Waals surface area contributed by atoms with Gasteiger partial charge >= 0.3 is 0 Å². The lowest BCUT2D eigenvalue weighted by Crippen LogP contribution is -2.43. The molecular weight excluding hydrogens is 386 g/mol. The third kappa shape index (κ3) is 5.71. The summed E-state index contributed by atoms with van der Waals surface area (Å²) < 4.78 is 32.2. The number of benzene rings is 1. The van der Waals surface area contributed by atoms with E-state index in [-0.39, 0.29) is 21.6 Å². The fourth-order valence-electron chi connectivity index (χ4n) is 2.88. The van der Waals surface area contributed by atoms with E-state index in [1.165, 1.54) is 16.4 Å². The highest BCUT2D eigenvalue weighted by Crippen LogP contribution is 2.20. The Bertz CT molecular complexity index is 790. The number of nitrogens with one attached hydrogen (secondary N) is 2. The van der Waals surface area contributed by atoms with Gasteiger partial charge in [0, 0.05) is 24.7 Å². The second-order valence-electron chi connectivity index (χ2n) is 6.61. The molecule has 7 nitrogen and oxygen atoms in total. The van der Waals surface area contributed by atoms with Crippen LogP contribution in [-0.4, -0.2) is 56.1 Å². The number of hydrogen-bond acceptors (Lipinski definition) is 5. The Balaban J connectivity index is 2.16. The largest absolute Gasteiger partial charge is 0.379 e. The first-order valence-corrected chi connectivity index (χ1v) is 10.9. The first kappa shape index (κ1) is 21.7. The number of sulfonamides is 1. The van der Waals surface area contributed by atoms with E-state index in [9.17, 15) is 13.2 Å². The second kappa shape index (κ2) is 9.59. The smallest absolute Gasteiger partial charge is 0.257 e. The molecule has 0 saturated carbocycles. The van der Waals surface area contributed by atoms with Gasteiger partial charge in [0.1, 0.15) is 0 Å². The topological polar surface area (TPSA) is 87.7 Å². The number of amides is 1. The van der Waals surface area contributed by atoms with E-state index in [1.807, 2.05) is 6.92 Å². The van der Waals surface area contributed by atoms with Crippen molar-refractivity contribution in [3.05, 3.63) is 29.3 Å². The molecule has 1 aliphatic heterocycles. The molecule has 1 amide bonds. The summed E-state index contributed by atoms with van der Waals surface area (Å²) in [5.74, 6) is -0.423. The Morgan fingerprint density at radius 2 is 2.00 bits per heavy atom. The van der Waals surface area contributed by atoms with E-state index >= 15 is 0 Å². The van der Waals surface area contributed by atoms with Gasteiger partial charge in [0.25, 0.3) is 5.91 Å². The average molecular weight is 414 g/mol. The highest BCUT2D eigenvalue weighted by Gasteiger charge is 2.27. The minimum Gasteiger partial charge on any atom is -0.379 e. The number of morpholine rings is 1. The minimum atomic E-state index is -3.66. The quantitative estimate of drug-likeness (QED) is 0.692. The van der Waals surface area contributed by atoms with Crippen molar-refractivity contribution >= 4 is 33.3 Å². The number of nitrogens with zero attached hydrogens (tertiary/aromatic N) is 1. The highest BCUT2D eigenvalue weighted by molar-refractivity contribution is 7.89. The molecule has 1 aromatic carbocycles. The van der Waals surface area contributed by atoms with Gasteiger partial charge in [-0.3, -0.25) is 10.1 Å². The first-order chi connectivity index (χ1) is 12.8. The Kier molecular flexibility index (Phi) is 7.72. The average Bonchev–Trinajstić information content (AvgIpc) is 2.62. The van der Waals surface area contributed by atoms with Crippen LogP contribution in [0.15, 0.2) is 23.1 Å². The van der Waals surface area contributed by atoms with Crippen molar-refractivity contribution in [1.82, 2.24) is 14.9 Å². The molecule has 0 radical (unpaired) electrons. The first-order valence-electron chi connectivity index (χ1n) is 9.06. The maximum absolute atomic E-state index is 12.8. The molecule has 27 heavy (non-hydrogen) atoms. The van der Waals surface area contributed by atoms with Crippen LogP contribution < -0.4 is 10.6 Å². The lowest BCUT2D eigenvalue weighted by atomic mass is 10.1. The summed E-state index contributed by atoms with van der Waals surface area (Å²) in [5, 5.41) is 5.93. The van der Waals surface area contributed by atoms with Crippen molar-refractivity contribution in [2.75, 3.05) is 26.3 Å². The van der Waals surface area contributed by atoms with Gasteiger partial charge in [-0.25, -0.2) is 8.42 Å². The fourth-order valence-corrected chi connectivity index (χ4v) is 4.61. The predicted molar refractivity (Wildman–Crippen MR) is 108 cm³/mol. The summed E-state index contributed by atoms with van der Waals surface area (Å²) in [5.41, 5.74) is 0.967. The van der Waals surface area contributed by atoms with Crippen LogP contribution in [-0.2, 0) is 14.8 Å². The van der Waals surface area contributed by atoms with Crippen molar-refractivity contribution in [3.8, 4) is 0 Å². The van der Waals surface area contributed by atoms with Gasteiger partial charge < -0.3 is 10.1 Å². The third-order valence-electron chi connectivity index (χ3n) is 4.39. The molecule has 1 saturated heterocycles. The van der Waals surface area contributed by atoms with Gasteiger partial charge in [0.05, 0.1) is 18.1 Å². The zero-order valence-corrected chi connectivity index (χ0v) is 17.6. The molecule has 2 rings (SSSR count). The number of aryl methyl sites for hydroxylation is 1. The normalized spacial score (nSPS) is 16.6. The maximum atomic E-state index is 12.8. The van der Waals surface area contributed by atoms with Gasteiger partial charge in [-0.15, -0.1) is 0 Å². The summed E-state index contributed by atoms with van der Waals surface area (Å²) in [4.78, 5) is 12.7. The summed E-state index contributed by atoms with van der Waals surface area (Å²) >= 11 is 5.19. The summed E-state index contributed by atoms with van der Waals surface area (Å²) in [6.45, 7) is 7.17. The van der Waals surface area contributed by atoms with E-state index in [1.54, 1.807) is 13.0 Å². The number of rotatable bonds is 6. The molecular formula is C18H27N3O4S2. The van der Waals surface area contributed by atoms with Gasteiger partial charge in [-0.2, -0.15) is 4.31 Å². The zero-order valence-electron chi connectivity index (χ0n) is 15.9. The van der Waals surface area contributed by atoms with Crippen LogP contribution in [0.3, 0.4) is 0 Å². The van der Waals surface area contributed by atoms with Gasteiger partial charge in [0.15, 0.2) is 5.11 Å². The summed E-state index contributed by atoms with van der Waals surface area (Å²) in [7, 11) is -3.66. The van der Waals surface area contributed by atoms with E-state index in [4.69, 9.17) is 17.0 Å². The van der Waals surface area contributed by atoms with Gasteiger partial charge in [-0.05, 0) is 50.2 Å². The van der Waals surface area contributed by atoms with Crippen molar-refractivity contribution in [3.63, 3.8) is 0 Å². The number of ether oxygens (including phenoxy) is 1. The number of hydrogen-bond donors (Lipinski definition) is 2. The van der Waals surface area contributed by atoms with Crippen molar-refractivity contribution in [1.29, 1.82) is 0 Å². The van der Waals surface area contributed by atoms with Gasteiger partial charge in [-0.1, -0.05) is 19.4 Å². The van der Waals surface area contributed by atoms with Crippen LogP contribution in [0.25, 0.3) is 0 Å². The molecule has 0 spiro atoms. The standard InChI is InChI=1S/C18H27N3O4S2/c1-4-5-14(3)19-18(26)20-17(22)16-12-15(7-6-13(16)2)27(23,24)21-8-10-25-11-9-21/h6-7,12,14H,4-5,8-11H2,1-3H3,(H2,19,20,22,26)/t14-/m1/s1. The van der Waals surface area contributed by atoms with Crippen molar-refractivity contribution in [2.24, 2.45) is 0 Å². The van der Waals surface area contributed by atoms with E-state index in [2.05, 4.69) is 17.6 Å². The van der Waals surface area contributed by atoms with E-state index < -0.39 is 15.9 Å². The monoisotopic (exact) mass is 413 g/mol. The molecule has 9 heteroatoms. The molecule has 2 N–H and O–H groups in total. The fraction of sp³-hybridized carbons (Fsp3) is 0.556. The molecule has 0 unspecified atom stereocenters. The predicted octanol–water partition coefficient (Wildman–Crippen LogP) is 1.81. The minimum absolute atomic E-state index is 0.0957. The molecule has 150 valence electrons. The second-order valence-corrected chi connectivity index (χ2v) is 8.96. The highest BCUT2D eigenvalue weighted by atomic mass is 32.2. The molecule has 1 heterocycles. The SMILES string of the molecule is CCC[C@@H](C)NC(=S)NC(=O)c1cc(S(=O)(=O)N2CCOCC2)ccc1C. The zero-order chi connectivity index (χ0) is 20.0. The Labute approximate surface area is 166 Å². The molecule has 0 aromatic heterocycles. The summed E-state index contributed by atoms with van der Waals surface area (Å²) in [6.07, 6.45) is 1.94. The number of carbonyl (C=O) groups excluding carboxylic acids is 1. The van der Waals surface area contributed by atoms with E-state index in [0.717, 1.165) is 12.8 Å². The molecule has 1 aromatic rings. The van der Waals surface area contributed by atoms with Crippen LogP contribution in [0.4, 0.5) is 0 Å². The van der Waals surface area contributed by atoms with E-state index in [0.29, 0.717) is 31.9 Å². The van der Waals surface area contributed by atoms with Crippen LogP contribution in [0.2, 0.25) is 0 Å². The Hall–Kier alpha value is -1.55. The molecule has 1 aliphatic rings. The summed E-state index contributed by atoms with van der Waals surface area (Å²) in [6, 6.07) is 4.72. The van der Waals surface area contributed by atoms with Crippen LogP contribution in [0.1, 0.15) is 42.6 Å². The van der Waals surface area contributed by atoms with Crippen LogP contribution in [0.5, 0.6) is 0 Å². The van der Waals surface area contributed by atoms with Crippen molar-refractivity contribution < 1.29 is 17.9 Å². The van der Waals surface area contributed by atoms with Crippen molar-refractivity contribution in [2.45, 2.75) is 44.6 Å². The lowest BCUT2D eigenvalue weighted by Gasteiger charge is -2.26.